The van der Waals surface area contributed by atoms with Gasteiger partial charge in [0.2, 0.25) is 5.78 Å². The number of carbonyl (C=O) groups excluding carboxylic acids is 1. The van der Waals surface area contributed by atoms with E-state index < -0.39 is 11.6 Å². The van der Waals surface area contributed by atoms with Crippen LogP contribution >= 0.6 is 15.9 Å². The molecule has 0 amide bonds. The van der Waals surface area contributed by atoms with Crippen molar-refractivity contribution in [2.75, 3.05) is 0 Å². The van der Waals surface area contributed by atoms with Gasteiger partial charge >= 0.3 is 5.97 Å². The fourth-order valence-electron chi connectivity index (χ4n) is 2.89. The number of phenols is 1. The number of fused-ring (bicyclic) bond motifs is 1. The summed E-state index contributed by atoms with van der Waals surface area (Å²) >= 11 is 3.32. The average Bonchev–Trinajstić information content (AvgIpc) is 2.92. The second-order valence-electron chi connectivity index (χ2n) is 5.79. The van der Waals surface area contributed by atoms with Crippen molar-refractivity contribution in [3.63, 3.8) is 0 Å². The number of aromatic hydroxyl groups is 1. The van der Waals surface area contributed by atoms with Crippen LogP contribution in [0.1, 0.15) is 28.8 Å². The molecule has 1 atom stereocenters. The number of ketones is 1. The molecule has 5 nitrogen and oxygen atoms in total. The molecule has 124 valence electrons. The van der Waals surface area contributed by atoms with Crippen LogP contribution in [0.2, 0.25) is 0 Å². The number of aliphatic carboxylic acids is 1. The Morgan fingerprint density at radius 2 is 1.88 bits per heavy atom. The lowest BCUT2D eigenvalue weighted by Crippen LogP contribution is -2.44. The number of ether oxygens (including phenoxy) is 1. The normalized spacial score (nSPS) is 18.7. The molecular formula is C18H15BrO5. The number of halogens is 1. The van der Waals surface area contributed by atoms with Crippen LogP contribution in [0.25, 0.3) is 0 Å². The Morgan fingerprint density at radius 1 is 1.17 bits per heavy atom. The predicted molar refractivity (Wildman–Crippen MR) is 90.5 cm³/mol. The van der Waals surface area contributed by atoms with Crippen molar-refractivity contribution in [1.29, 1.82) is 0 Å². The van der Waals surface area contributed by atoms with Gasteiger partial charge in [-0.05, 0) is 23.8 Å². The topological polar surface area (TPSA) is 83.8 Å². The first-order valence-corrected chi connectivity index (χ1v) is 8.22. The molecule has 0 radical (unpaired) electrons. The summed E-state index contributed by atoms with van der Waals surface area (Å²) in [4.78, 5) is 24.1. The van der Waals surface area contributed by atoms with Crippen molar-refractivity contribution in [2.24, 2.45) is 0 Å². The van der Waals surface area contributed by atoms with Crippen LogP contribution in [-0.4, -0.2) is 27.6 Å². The van der Waals surface area contributed by atoms with E-state index >= 15 is 0 Å². The number of carboxylic acid groups (broad SMARTS) is 1. The zero-order valence-electron chi connectivity index (χ0n) is 12.7. The summed E-state index contributed by atoms with van der Waals surface area (Å²) in [6, 6.07) is 11.5. The quantitative estimate of drug-likeness (QED) is 0.762. The van der Waals surface area contributed by atoms with Crippen molar-refractivity contribution in [3.8, 4) is 11.5 Å². The summed E-state index contributed by atoms with van der Waals surface area (Å²) in [6.45, 7) is 0. The fraction of sp³-hybridized carbons (Fsp3) is 0.222. The van der Waals surface area contributed by atoms with Crippen LogP contribution in [0.4, 0.5) is 0 Å². The SMILES string of the molecule is O=C(O)CCC1(C(=O)c2ccc(Br)cc2)Cc2ccc(O)cc2O1. The van der Waals surface area contributed by atoms with E-state index in [2.05, 4.69) is 15.9 Å². The van der Waals surface area contributed by atoms with Gasteiger partial charge < -0.3 is 14.9 Å². The molecule has 0 bridgehead atoms. The van der Waals surface area contributed by atoms with E-state index in [1.165, 1.54) is 12.1 Å². The maximum absolute atomic E-state index is 13.1. The minimum atomic E-state index is -1.26. The maximum atomic E-state index is 13.1. The molecule has 0 aliphatic carbocycles. The molecule has 24 heavy (non-hydrogen) atoms. The third kappa shape index (κ3) is 3.14. The fourth-order valence-corrected chi connectivity index (χ4v) is 3.16. The lowest BCUT2D eigenvalue weighted by Gasteiger charge is -2.27. The van der Waals surface area contributed by atoms with Crippen LogP contribution in [0, 0.1) is 0 Å². The molecular weight excluding hydrogens is 376 g/mol. The lowest BCUT2D eigenvalue weighted by molar-refractivity contribution is -0.137. The molecule has 0 saturated carbocycles. The molecule has 1 heterocycles. The summed E-state index contributed by atoms with van der Waals surface area (Å²) in [5.41, 5.74) is -0.0215. The smallest absolute Gasteiger partial charge is 0.303 e. The molecule has 0 aromatic heterocycles. The van der Waals surface area contributed by atoms with E-state index in [1.807, 2.05) is 0 Å². The number of rotatable bonds is 5. The monoisotopic (exact) mass is 390 g/mol. The van der Waals surface area contributed by atoms with Crippen LogP contribution in [-0.2, 0) is 11.2 Å². The number of hydrogen-bond acceptors (Lipinski definition) is 4. The van der Waals surface area contributed by atoms with E-state index in [1.54, 1.807) is 30.3 Å². The largest absolute Gasteiger partial charge is 0.508 e. The first kappa shape index (κ1) is 16.5. The van der Waals surface area contributed by atoms with Gasteiger partial charge in [0.05, 0.1) is 0 Å². The Bertz CT molecular complexity index is 800. The molecule has 1 unspecified atom stereocenters. The highest BCUT2D eigenvalue weighted by Crippen LogP contribution is 2.41. The van der Waals surface area contributed by atoms with Crippen LogP contribution in [0.3, 0.4) is 0 Å². The van der Waals surface area contributed by atoms with E-state index in [9.17, 15) is 14.7 Å². The van der Waals surface area contributed by atoms with Crippen molar-refractivity contribution in [2.45, 2.75) is 24.9 Å². The van der Waals surface area contributed by atoms with Gasteiger partial charge in [0.15, 0.2) is 5.60 Å². The molecule has 1 aliphatic rings. The summed E-state index contributed by atoms with van der Waals surface area (Å²) in [6.07, 6.45) is 0.166. The number of hydrogen-bond donors (Lipinski definition) is 2. The summed E-state index contributed by atoms with van der Waals surface area (Å²) < 4.78 is 6.73. The molecule has 0 spiro atoms. The maximum Gasteiger partial charge on any atom is 0.303 e. The molecule has 2 N–H and O–H groups in total. The number of benzene rings is 2. The van der Waals surface area contributed by atoms with Gasteiger partial charge in [-0.15, -0.1) is 0 Å². The molecule has 1 aliphatic heterocycles. The Kier molecular flexibility index (Phi) is 4.32. The second kappa shape index (κ2) is 6.28. The van der Waals surface area contributed by atoms with Crippen molar-refractivity contribution in [3.05, 3.63) is 58.1 Å². The van der Waals surface area contributed by atoms with Crippen molar-refractivity contribution < 1.29 is 24.5 Å². The second-order valence-corrected chi connectivity index (χ2v) is 6.71. The van der Waals surface area contributed by atoms with Crippen molar-refractivity contribution >= 4 is 27.7 Å². The number of Topliss-reactive ketones (excluding diaryl/α,β-unsaturated/α-hetero) is 1. The van der Waals surface area contributed by atoms with Gasteiger partial charge in [-0.1, -0.05) is 34.1 Å². The zero-order valence-corrected chi connectivity index (χ0v) is 14.2. The average molecular weight is 391 g/mol. The molecule has 3 rings (SSSR count). The summed E-state index contributed by atoms with van der Waals surface area (Å²) in [5, 5.41) is 18.6. The number of carboxylic acids is 1. The van der Waals surface area contributed by atoms with E-state index in [0.29, 0.717) is 11.3 Å². The molecule has 0 saturated heterocycles. The lowest BCUT2D eigenvalue weighted by atomic mass is 9.84. The summed E-state index contributed by atoms with van der Waals surface area (Å²) in [7, 11) is 0. The van der Waals surface area contributed by atoms with Crippen molar-refractivity contribution in [1.82, 2.24) is 0 Å². The molecule has 0 fully saturated rings. The summed E-state index contributed by atoms with van der Waals surface area (Å²) in [5.74, 6) is -0.781. The van der Waals surface area contributed by atoms with Crippen LogP contribution < -0.4 is 4.74 Å². The number of phenolic OH excluding ortho intramolecular Hbond substituents is 1. The van der Waals surface area contributed by atoms with Crippen LogP contribution in [0.5, 0.6) is 11.5 Å². The van der Waals surface area contributed by atoms with E-state index in [0.717, 1.165) is 10.0 Å². The first-order chi connectivity index (χ1) is 11.4. The molecule has 6 heteroatoms. The van der Waals surface area contributed by atoms with Gasteiger partial charge in [0.1, 0.15) is 11.5 Å². The number of carbonyl (C=O) groups is 2. The Labute approximate surface area is 147 Å². The standard InChI is InChI=1S/C18H15BrO5/c19-13-4-1-11(2-5-13)17(23)18(8-7-16(21)22)10-12-3-6-14(20)9-15(12)24-18/h1-6,9,20H,7-8,10H2,(H,21,22). The minimum absolute atomic E-state index is 0.0406. The van der Waals surface area contributed by atoms with E-state index in [4.69, 9.17) is 9.84 Å². The van der Waals surface area contributed by atoms with Gasteiger partial charge in [-0.25, -0.2) is 0 Å². The van der Waals surface area contributed by atoms with Crippen LogP contribution in [0.15, 0.2) is 46.9 Å². The highest BCUT2D eigenvalue weighted by Gasteiger charge is 2.46. The van der Waals surface area contributed by atoms with Gasteiger partial charge in [0, 0.05) is 35.4 Å². The zero-order chi connectivity index (χ0) is 17.3. The highest BCUT2D eigenvalue weighted by molar-refractivity contribution is 9.10. The molecule has 2 aromatic carbocycles. The molecule has 2 aromatic rings. The van der Waals surface area contributed by atoms with Gasteiger partial charge in [-0.2, -0.15) is 0 Å². The Morgan fingerprint density at radius 3 is 2.54 bits per heavy atom. The predicted octanol–water partition coefficient (Wildman–Crippen LogP) is 3.58. The first-order valence-electron chi connectivity index (χ1n) is 7.43. The van der Waals surface area contributed by atoms with E-state index in [-0.39, 0.29) is 30.8 Å². The Hall–Kier alpha value is -2.34. The highest BCUT2D eigenvalue weighted by atomic mass is 79.9. The van der Waals surface area contributed by atoms with Gasteiger partial charge in [0.25, 0.3) is 0 Å². The minimum Gasteiger partial charge on any atom is -0.508 e. The van der Waals surface area contributed by atoms with Gasteiger partial charge in [-0.3, -0.25) is 9.59 Å². The third-order valence-corrected chi connectivity index (χ3v) is 4.62. The third-order valence-electron chi connectivity index (χ3n) is 4.10. The Balaban J connectivity index is 1.96.